The van der Waals surface area contributed by atoms with Crippen molar-refractivity contribution in [2.75, 3.05) is 0 Å². The molecule has 3 nitrogen and oxygen atoms in total. The number of halogens is 2. The zero-order chi connectivity index (χ0) is 10.7. The van der Waals surface area contributed by atoms with E-state index in [2.05, 4.69) is 0 Å². The van der Waals surface area contributed by atoms with E-state index in [0.717, 1.165) is 24.3 Å². The van der Waals surface area contributed by atoms with Crippen LogP contribution in [0.5, 0.6) is 5.75 Å². The van der Waals surface area contributed by atoms with Gasteiger partial charge in [-0.15, -0.1) is 0 Å². The minimum Gasteiger partial charge on any atom is -0.508 e. The SMILES string of the molecule is NC(=O)/C=C/c1c(F)cc(O)cc1F. The zero-order valence-electron chi connectivity index (χ0n) is 7.00. The van der Waals surface area contributed by atoms with Crippen LogP contribution < -0.4 is 5.73 Å². The molecule has 0 unspecified atom stereocenters. The highest BCUT2D eigenvalue weighted by atomic mass is 19.1. The first kappa shape index (κ1) is 10.2. The van der Waals surface area contributed by atoms with Crippen molar-refractivity contribution < 1.29 is 18.7 Å². The number of carbonyl (C=O) groups excluding carboxylic acids is 1. The number of hydrogen-bond acceptors (Lipinski definition) is 2. The van der Waals surface area contributed by atoms with Gasteiger partial charge in [-0.25, -0.2) is 8.78 Å². The Kier molecular flexibility index (Phi) is 2.81. The Morgan fingerprint density at radius 3 is 2.29 bits per heavy atom. The third-order valence-electron chi connectivity index (χ3n) is 1.48. The monoisotopic (exact) mass is 199 g/mol. The Hall–Kier alpha value is -1.91. The molecular weight excluding hydrogens is 192 g/mol. The molecule has 0 spiro atoms. The Morgan fingerprint density at radius 1 is 1.36 bits per heavy atom. The molecule has 1 aromatic carbocycles. The van der Waals surface area contributed by atoms with Gasteiger partial charge in [-0.05, 0) is 6.08 Å². The van der Waals surface area contributed by atoms with E-state index in [1.807, 2.05) is 0 Å². The standard InChI is InChI=1S/C9H7F2NO2/c10-7-3-5(13)4-8(11)6(7)1-2-9(12)14/h1-4,13H,(H2,12,14)/b2-1+. The van der Waals surface area contributed by atoms with Gasteiger partial charge in [0.05, 0.1) is 0 Å². The average Bonchev–Trinajstić information content (AvgIpc) is 2.01. The summed E-state index contributed by atoms with van der Waals surface area (Å²) in [7, 11) is 0. The molecule has 5 heteroatoms. The van der Waals surface area contributed by atoms with E-state index in [4.69, 9.17) is 10.8 Å². The van der Waals surface area contributed by atoms with Crippen LogP contribution in [0.1, 0.15) is 5.56 Å². The summed E-state index contributed by atoms with van der Waals surface area (Å²) in [4.78, 5) is 10.3. The molecule has 1 aromatic rings. The summed E-state index contributed by atoms with van der Waals surface area (Å²) in [6.45, 7) is 0. The fourth-order valence-corrected chi connectivity index (χ4v) is 0.896. The van der Waals surface area contributed by atoms with Crippen molar-refractivity contribution >= 4 is 12.0 Å². The fraction of sp³-hybridized carbons (Fsp3) is 0. The number of aromatic hydroxyl groups is 1. The molecule has 0 fully saturated rings. The van der Waals surface area contributed by atoms with Crippen LogP contribution in [-0.4, -0.2) is 11.0 Å². The minimum absolute atomic E-state index is 0.415. The van der Waals surface area contributed by atoms with Crippen molar-refractivity contribution in [2.24, 2.45) is 5.73 Å². The van der Waals surface area contributed by atoms with Crippen LogP contribution in [0.15, 0.2) is 18.2 Å². The molecule has 74 valence electrons. The van der Waals surface area contributed by atoms with E-state index in [0.29, 0.717) is 0 Å². The van der Waals surface area contributed by atoms with Crippen LogP contribution in [0.2, 0.25) is 0 Å². The van der Waals surface area contributed by atoms with Crippen molar-refractivity contribution in [1.82, 2.24) is 0 Å². The van der Waals surface area contributed by atoms with Gasteiger partial charge in [0.25, 0.3) is 0 Å². The number of primary amides is 1. The largest absolute Gasteiger partial charge is 0.508 e. The van der Waals surface area contributed by atoms with Crippen LogP contribution in [0, 0.1) is 11.6 Å². The molecule has 3 N–H and O–H groups in total. The van der Waals surface area contributed by atoms with Crippen LogP contribution in [-0.2, 0) is 4.79 Å². The van der Waals surface area contributed by atoms with Gasteiger partial charge in [-0.2, -0.15) is 0 Å². The summed E-state index contributed by atoms with van der Waals surface area (Å²) in [5, 5.41) is 8.80. The van der Waals surface area contributed by atoms with Gasteiger partial charge < -0.3 is 10.8 Å². The zero-order valence-corrected chi connectivity index (χ0v) is 7.00. The number of carbonyl (C=O) groups is 1. The summed E-state index contributed by atoms with van der Waals surface area (Å²) in [5.74, 6) is -3.24. The van der Waals surface area contributed by atoms with Crippen LogP contribution in [0.25, 0.3) is 6.08 Å². The summed E-state index contributed by atoms with van der Waals surface area (Å²) in [5.41, 5.74) is 4.34. The van der Waals surface area contributed by atoms with Gasteiger partial charge in [0.1, 0.15) is 17.4 Å². The molecule has 0 aliphatic carbocycles. The normalized spacial score (nSPS) is 10.7. The average molecular weight is 199 g/mol. The molecule has 14 heavy (non-hydrogen) atoms. The smallest absolute Gasteiger partial charge is 0.241 e. The number of phenolic OH excluding ortho intramolecular Hbond substituents is 1. The van der Waals surface area contributed by atoms with Crippen molar-refractivity contribution in [3.63, 3.8) is 0 Å². The van der Waals surface area contributed by atoms with Crippen molar-refractivity contribution in [3.05, 3.63) is 35.4 Å². The highest BCUT2D eigenvalue weighted by Gasteiger charge is 2.07. The van der Waals surface area contributed by atoms with E-state index in [1.165, 1.54) is 0 Å². The number of hydrogen-bond donors (Lipinski definition) is 2. The maximum absolute atomic E-state index is 13.0. The summed E-state index contributed by atoms with van der Waals surface area (Å²) < 4.78 is 25.9. The lowest BCUT2D eigenvalue weighted by Gasteiger charge is -1.99. The molecule has 0 aliphatic rings. The Morgan fingerprint density at radius 2 is 1.86 bits per heavy atom. The predicted octanol–water partition coefficient (Wildman–Crippen LogP) is 1.17. The first-order valence-corrected chi connectivity index (χ1v) is 3.66. The summed E-state index contributed by atoms with van der Waals surface area (Å²) >= 11 is 0. The van der Waals surface area contributed by atoms with Gasteiger partial charge in [-0.3, -0.25) is 4.79 Å². The predicted molar refractivity (Wildman–Crippen MR) is 46.3 cm³/mol. The molecule has 1 rings (SSSR count). The maximum atomic E-state index is 13.0. The van der Waals surface area contributed by atoms with E-state index in [-0.39, 0.29) is 0 Å². The van der Waals surface area contributed by atoms with Gasteiger partial charge in [0.15, 0.2) is 0 Å². The first-order valence-electron chi connectivity index (χ1n) is 3.66. The van der Waals surface area contributed by atoms with Gasteiger partial charge >= 0.3 is 0 Å². The Balaban J connectivity index is 3.15. The number of rotatable bonds is 2. The molecule has 1 amide bonds. The lowest BCUT2D eigenvalue weighted by atomic mass is 10.1. The van der Waals surface area contributed by atoms with Crippen LogP contribution in [0.4, 0.5) is 8.78 Å². The van der Waals surface area contributed by atoms with E-state index in [9.17, 15) is 13.6 Å². The van der Waals surface area contributed by atoms with Crippen LogP contribution >= 0.6 is 0 Å². The molecule has 0 atom stereocenters. The second-order valence-electron chi connectivity index (χ2n) is 2.56. The number of amides is 1. The number of nitrogens with two attached hydrogens (primary N) is 1. The van der Waals surface area contributed by atoms with E-state index in [1.54, 1.807) is 0 Å². The lowest BCUT2D eigenvalue weighted by molar-refractivity contribution is -0.113. The highest BCUT2D eigenvalue weighted by molar-refractivity contribution is 5.90. The molecular formula is C9H7F2NO2. The van der Waals surface area contributed by atoms with Crippen LogP contribution in [0.3, 0.4) is 0 Å². The Labute approximate surface area is 78.5 Å². The molecule has 0 radical (unpaired) electrons. The lowest BCUT2D eigenvalue weighted by Crippen LogP contribution is -2.05. The fourth-order valence-electron chi connectivity index (χ4n) is 0.896. The summed E-state index contributed by atoms with van der Waals surface area (Å²) in [6, 6.07) is 1.48. The van der Waals surface area contributed by atoms with Gasteiger partial charge in [-0.1, -0.05) is 0 Å². The summed E-state index contributed by atoms with van der Waals surface area (Å²) in [6.07, 6.45) is 1.74. The molecule has 0 bridgehead atoms. The van der Waals surface area contributed by atoms with Crippen molar-refractivity contribution in [3.8, 4) is 5.75 Å². The highest BCUT2D eigenvalue weighted by Crippen LogP contribution is 2.20. The molecule has 0 saturated carbocycles. The van der Waals surface area contributed by atoms with E-state index < -0.39 is 28.9 Å². The third kappa shape index (κ3) is 2.29. The third-order valence-corrected chi connectivity index (χ3v) is 1.48. The molecule has 0 aliphatic heterocycles. The minimum atomic E-state index is -0.958. The van der Waals surface area contributed by atoms with Gasteiger partial charge in [0.2, 0.25) is 5.91 Å². The first-order chi connectivity index (χ1) is 6.50. The maximum Gasteiger partial charge on any atom is 0.241 e. The second kappa shape index (κ2) is 3.87. The molecule has 0 saturated heterocycles. The number of phenols is 1. The number of benzene rings is 1. The Bertz CT molecular complexity index is 379. The van der Waals surface area contributed by atoms with Gasteiger partial charge in [0, 0.05) is 23.8 Å². The topological polar surface area (TPSA) is 63.3 Å². The molecule has 0 aromatic heterocycles. The quantitative estimate of drug-likeness (QED) is 0.702. The van der Waals surface area contributed by atoms with Crippen molar-refractivity contribution in [1.29, 1.82) is 0 Å². The molecule has 0 heterocycles. The van der Waals surface area contributed by atoms with E-state index >= 15 is 0 Å². The second-order valence-corrected chi connectivity index (χ2v) is 2.56. The van der Waals surface area contributed by atoms with Crippen molar-refractivity contribution in [2.45, 2.75) is 0 Å².